The molecule has 1 aliphatic rings. The van der Waals surface area contributed by atoms with E-state index in [4.69, 9.17) is 0 Å². The molecule has 3 aromatic heterocycles. The highest BCUT2D eigenvalue weighted by molar-refractivity contribution is 5.91. The molecular weight excluding hydrogens is 378 g/mol. The summed E-state index contributed by atoms with van der Waals surface area (Å²) >= 11 is 0. The molecule has 1 amide bonds. The highest BCUT2D eigenvalue weighted by Gasteiger charge is 2.27. The molecule has 1 aliphatic heterocycles. The maximum absolute atomic E-state index is 12.7. The van der Waals surface area contributed by atoms with Crippen molar-refractivity contribution in [3.63, 3.8) is 0 Å². The molecule has 0 spiro atoms. The van der Waals surface area contributed by atoms with Crippen LogP contribution in [0.25, 0.3) is 16.7 Å². The van der Waals surface area contributed by atoms with Crippen LogP contribution in [0.1, 0.15) is 12.8 Å². The van der Waals surface area contributed by atoms with Gasteiger partial charge in [-0.05, 0) is 36.4 Å². The first-order valence-electron chi connectivity index (χ1n) is 9.99. The number of hydrogen-bond donors (Lipinski definition) is 1. The second-order valence-electron chi connectivity index (χ2n) is 7.33. The molecule has 1 unspecified atom stereocenters. The molecule has 1 saturated heterocycles. The van der Waals surface area contributed by atoms with Crippen molar-refractivity contribution < 1.29 is 4.79 Å². The molecule has 1 aromatic carbocycles. The summed E-state index contributed by atoms with van der Waals surface area (Å²) in [5.41, 5.74) is 1.10. The number of aromatic nitrogens is 5. The number of hydrogen-bond acceptors (Lipinski definition) is 6. The number of amides is 1. The van der Waals surface area contributed by atoms with Crippen LogP contribution in [-0.2, 0) is 4.79 Å². The monoisotopic (exact) mass is 399 g/mol. The van der Waals surface area contributed by atoms with Gasteiger partial charge >= 0.3 is 0 Å². The Morgan fingerprint density at radius 1 is 1.00 bits per heavy atom. The van der Waals surface area contributed by atoms with Crippen LogP contribution in [0.4, 0.5) is 11.8 Å². The number of piperidine rings is 1. The van der Waals surface area contributed by atoms with Gasteiger partial charge in [-0.1, -0.05) is 18.2 Å². The lowest BCUT2D eigenvalue weighted by Crippen LogP contribution is -2.41. The van der Waals surface area contributed by atoms with E-state index in [0.29, 0.717) is 12.5 Å². The van der Waals surface area contributed by atoms with Crippen LogP contribution in [-0.4, -0.2) is 43.5 Å². The highest BCUT2D eigenvalue weighted by atomic mass is 16.2. The average Bonchev–Trinajstić information content (AvgIpc) is 3.24. The Balaban J connectivity index is 1.35. The number of para-hydroxylation sites is 1. The smallest absolute Gasteiger partial charge is 0.231 e. The third-order valence-corrected chi connectivity index (χ3v) is 5.40. The van der Waals surface area contributed by atoms with Gasteiger partial charge in [-0.2, -0.15) is 0 Å². The van der Waals surface area contributed by atoms with E-state index in [9.17, 15) is 4.79 Å². The fourth-order valence-electron chi connectivity index (χ4n) is 3.90. The summed E-state index contributed by atoms with van der Waals surface area (Å²) in [5.74, 6) is 1.77. The predicted octanol–water partition coefficient (Wildman–Crippen LogP) is 3.07. The Hall–Kier alpha value is -3.81. The van der Waals surface area contributed by atoms with E-state index < -0.39 is 0 Å². The summed E-state index contributed by atoms with van der Waals surface area (Å²) in [5, 5.41) is 3.98. The first-order valence-corrected chi connectivity index (χ1v) is 9.99. The summed E-state index contributed by atoms with van der Waals surface area (Å²) in [7, 11) is 0. The number of carbonyl (C=O) groups is 1. The van der Waals surface area contributed by atoms with Gasteiger partial charge in [0, 0.05) is 37.7 Å². The molecule has 5 rings (SSSR count). The molecule has 1 fully saturated rings. The van der Waals surface area contributed by atoms with Gasteiger partial charge in [0.15, 0.2) is 0 Å². The fourth-order valence-corrected chi connectivity index (χ4v) is 3.90. The van der Waals surface area contributed by atoms with Crippen molar-refractivity contribution in [2.24, 2.45) is 5.92 Å². The summed E-state index contributed by atoms with van der Waals surface area (Å²) in [6, 6.07) is 14.0. The molecule has 8 heteroatoms. The zero-order chi connectivity index (χ0) is 20.3. The largest absolute Gasteiger partial charge is 0.356 e. The lowest BCUT2D eigenvalue weighted by molar-refractivity contribution is -0.120. The molecule has 0 saturated carbocycles. The van der Waals surface area contributed by atoms with E-state index >= 15 is 0 Å². The third kappa shape index (κ3) is 3.59. The Morgan fingerprint density at radius 3 is 2.73 bits per heavy atom. The number of benzene rings is 1. The van der Waals surface area contributed by atoms with Crippen LogP contribution in [0.5, 0.6) is 0 Å². The molecule has 8 nitrogen and oxygen atoms in total. The van der Waals surface area contributed by atoms with Gasteiger partial charge in [0.25, 0.3) is 0 Å². The molecule has 150 valence electrons. The quantitative estimate of drug-likeness (QED) is 0.567. The van der Waals surface area contributed by atoms with Gasteiger partial charge in [0.1, 0.15) is 18.0 Å². The minimum absolute atomic E-state index is 0.0587. The van der Waals surface area contributed by atoms with Crippen molar-refractivity contribution in [2.45, 2.75) is 12.8 Å². The minimum Gasteiger partial charge on any atom is -0.356 e. The van der Waals surface area contributed by atoms with Crippen LogP contribution in [0.3, 0.4) is 0 Å². The lowest BCUT2D eigenvalue weighted by Gasteiger charge is -2.32. The maximum Gasteiger partial charge on any atom is 0.231 e. The Morgan fingerprint density at radius 2 is 1.83 bits per heavy atom. The van der Waals surface area contributed by atoms with Crippen molar-refractivity contribution in [1.82, 2.24) is 24.5 Å². The SMILES string of the molecule is O=C(Nc1ncccn1)C1CCCN(c2cc(-n3ccc4ccccc43)ncn2)C1. The zero-order valence-electron chi connectivity index (χ0n) is 16.3. The van der Waals surface area contributed by atoms with Crippen LogP contribution in [0.2, 0.25) is 0 Å². The molecular formula is C22H21N7O. The third-order valence-electron chi connectivity index (χ3n) is 5.40. The number of nitrogens with zero attached hydrogens (tertiary/aromatic N) is 6. The predicted molar refractivity (Wildman–Crippen MR) is 114 cm³/mol. The van der Waals surface area contributed by atoms with Gasteiger partial charge < -0.3 is 9.47 Å². The molecule has 30 heavy (non-hydrogen) atoms. The average molecular weight is 399 g/mol. The fraction of sp³-hybridized carbons (Fsp3) is 0.227. The van der Waals surface area contributed by atoms with Gasteiger partial charge in [0.2, 0.25) is 11.9 Å². The van der Waals surface area contributed by atoms with E-state index in [2.05, 4.69) is 52.9 Å². The minimum atomic E-state index is -0.145. The molecule has 1 atom stereocenters. The lowest BCUT2D eigenvalue weighted by atomic mass is 9.97. The Kier molecular flexibility index (Phi) is 4.80. The van der Waals surface area contributed by atoms with Crippen LogP contribution >= 0.6 is 0 Å². The summed E-state index contributed by atoms with van der Waals surface area (Å²) in [6.07, 6.45) is 8.57. The van der Waals surface area contributed by atoms with Crippen LogP contribution in [0.15, 0.2) is 67.4 Å². The molecule has 4 aromatic rings. The van der Waals surface area contributed by atoms with Gasteiger partial charge in [-0.3, -0.25) is 10.1 Å². The van der Waals surface area contributed by atoms with Gasteiger partial charge in [0.05, 0.1) is 11.4 Å². The summed E-state index contributed by atoms with van der Waals surface area (Å²) < 4.78 is 2.06. The Bertz CT molecular complexity index is 1170. The summed E-state index contributed by atoms with van der Waals surface area (Å²) in [6.45, 7) is 1.45. The van der Waals surface area contributed by atoms with Gasteiger partial charge in [-0.25, -0.2) is 19.9 Å². The molecule has 4 heterocycles. The van der Waals surface area contributed by atoms with Crippen LogP contribution < -0.4 is 10.2 Å². The van der Waals surface area contributed by atoms with Gasteiger partial charge in [-0.15, -0.1) is 0 Å². The topological polar surface area (TPSA) is 88.8 Å². The molecule has 1 N–H and O–H groups in total. The van der Waals surface area contributed by atoms with E-state index in [1.165, 1.54) is 0 Å². The second-order valence-corrected chi connectivity index (χ2v) is 7.33. The van der Waals surface area contributed by atoms with E-state index in [1.54, 1.807) is 24.8 Å². The van der Waals surface area contributed by atoms with Crippen molar-refractivity contribution in [1.29, 1.82) is 0 Å². The first kappa shape index (κ1) is 18.2. The van der Waals surface area contributed by atoms with Crippen molar-refractivity contribution >= 4 is 28.6 Å². The van der Waals surface area contributed by atoms with Crippen molar-refractivity contribution in [3.05, 3.63) is 67.4 Å². The second kappa shape index (κ2) is 7.90. The number of nitrogens with one attached hydrogen (secondary N) is 1. The standard InChI is InChI=1S/C22H21N7O/c30-21(27-22-23-9-4-10-24-22)17-6-3-11-28(14-17)19-13-20(26-15-25-19)29-12-8-16-5-1-2-7-18(16)29/h1-2,4-5,7-10,12-13,15,17H,3,6,11,14H2,(H,23,24,27,30). The number of fused-ring (bicyclic) bond motifs is 1. The van der Waals surface area contributed by atoms with Crippen molar-refractivity contribution in [3.8, 4) is 5.82 Å². The first-order chi connectivity index (χ1) is 14.8. The molecule has 0 bridgehead atoms. The number of carbonyl (C=O) groups excluding carboxylic acids is 1. The summed E-state index contributed by atoms with van der Waals surface area (Å²) in [4.78, 5) is 31.9. The Labute approximate surface area is 173 Å². The van der Waals surface area contributed by atoms with E-state index in [1.807, 2.05) is 24.4 Å². The van der Waals surface area contributed by atoms with E-state index in [0.717, 1.165) is 41.9 Å². The molecule has 0 radical (unpaired) electrons. The molecule has 0 aliphatic carbocycles. The van der Waals surface area contributed by atoms with E-state index in [-0.39, 0.29) is 11.8 Å². The highest BCUT2D eigenvalue weighted by Crippen LogP contribution is 2.25. The van der Waals surface area contributed by atoms with Crippen molar-refractivity contribution in [2.75, 3.05) is 23.3 Å². The number of rotatable bonds is 4. The normalized spacial score (nSPS) is 16.5. The zero-order valence-corrected chi connectivity index (χ0v) is 16.3. The maximum atomic E-state index is 12.7. The van der Waals surface area contributed by atoms with Crippen LogP contribution in [0, 0.1) is 5.92 Å². The number of anilines is 2.